The molecule has 72 valence electrons. The van der Waals surface area contributed by atoms with Gasteiger partial charge < -0.3 is 5.32 Å². The maximum atomic E-state index is 4.26. The van der Waals surface area contributed by atoms with Crippen LogP contribution in [0.15, 0.2) is 5.51 Å². The molecule has 1 saturated carbocycles. The van der Waals surface area contributed by atoms with Crippen LogP contribution in [0.1, 0.15) is 36.9 Å². The smallest absolute Gasteiger partial charge is 0.0798 e. The number of hydrogen-bond donors (Lipinski definition) is 1. The monoisotopic (exact) mass is 196 g/mol. The number of rotatable bonds is 3. The first kappa shape index (κ1) is 9.16. The Bertz CT molecular complexity index is 295. The molecule has 3 heteroatoms. The van der Waals surface area contributed by atoms with E-state index in [4.69, 9.17) is 0 Å². The lowest BCUT2D eigenvalue weighted by atomic mass is 10.2. The van der Waals surface area contributed by atoms with E-state index in [1.165, 1.54) is 17.0 Å². The van der Waals surface area contributed by atoms with E-state index in [2.05, 4.69) is 31.1 Å². The molecular weight excluding hydrogens is 180 g/mol. The fourth-order valence-corrected chi connectivity index (χ4v) is 2.50. The molecule has 0 aromatic carbocycles. The van der Waals surface area contributed by atoms with Gasteiger partial charge in [-0.2, -0.15) is 0 Å². The highest BCUT2D eigenvalue weighted by atomic mass is 32.1. The number of aryl methyl sites for hydroxylation is 1. The summed E-state index contributed by atoms with van der Waals surface area (Å²) in [5.74, 6) is 0.871. The highest BCUT2D eigenvalue weighted by Crippen LogP contribution is 2.32. The minimum atomic E-state index is 0.474. The van der Waals surface area contributed by atoms with Gasteiger partial charge in [-0.05, 0) is 26.2 Å². The van der Waals surface area contributed by atoms with E-state index in [1.54, 1.807) is 11.3 Å². The van der Waals surface area contributed by atoms with Gasteiger partial charge in [0.2, 0.25) is 0 Å². The van der Waals surface area contributed by atoms with Gasteiger partial charge >= 0.3 is 0 Å². The first-order valence-electron chi connectivity index (χ1n) is 4.84. The van der Waals surface area contributed by atoms with Crippen LogP contribution >= 0.6 is 11.3 Å². The van der Waals surface area contributed by atoms with Crippen LogP contribution in [0.5, 0.6) is 0 Å². The fourth-order valence-electron chi connectivity index (χ4n) is 1.68. The Labute approximate surface area is 83.4 Å². The highest BCUT2D eigenvalue weighted by molar-refractivity contribution is 7.09. The van der Waals surface area contributed by atoms with E-state index in [9.17, 15) is 0 Å². The average molecular weight is 196 g/mol. The summed E-state index contributed by atoms with van der Waals surface area (Å²) in [6.07, 6.45) is 1.34. The second kappa shape index (κ2) is 3.39. The number of thiazole rings is 1. The molecule has 0 saturated heterocycles. The molecule has 0 spiro atoms. The minimum absolute atomic E-state index is 0.474. The normalized spacial score (nSPS) is 28.8. The molecule has 1 aliphatic rings. The van der Waals surface area contributed by atoms with Crippen LogP contribution in [-0.2, 0) is 0 Å². The van der Waals surface area contributed by atoms with Crippen molar-refractivity contribution in [2.45, 2.75) is 39.3 Å². The van der Waals surface area contributed by atoms with Crippen LogP contribution in [0.25, 0.3) is 0 Å². The van der Waals surface area contributed by atoms with Gasteiger partial charge in [0.05, 0.1) is 11.2 Å². The van der Waals surface area contributed by atoms with Gasteiger partial charge in [0, 0.05) is 17.0 Å². The summed E-state index contributed by atoms with van der Waals surface area (Å²) < 4.78 is 0. The lowest BCUT2D eigenvalue weighted by molar-refractivity contribution is 0.556. The molecule has 1 aliphatic carbocycles. The zero-order valence-corrected chi connectivity index (χ0v) is 9.19. The van der Waals surface area contributed by atoms with E-state index in [1.807, 2.05) is 5.51 Å². The number of hydrogen-bond acceptors (Lipinski definition) is 3. The van der Waals surface area contributed by atoms with Crippen LogP contribution in [0, 0.1) is 12.8 Å². The molecule has 3 unspecified atom stereocenters. The lowest BCUT2D eigenvalue weighted by Gasteiger charge is -2.11. The van der Waals surface area contributed by atoms with Gasteiger partial charge in [0.1, 0.15) is 0 Å². The van der Waals surface area contributed by atoms with Crippen LogP contribution in [-0.4, -0.2) is 11.0 Å². The Morgan fingerprint density at radius 3 is 2.85 bits per heavy atom. The van der Waals surface area contributed by atoms with Crippen molar-refractivity contribution in [1.82, 2.24) is 10.3 Å². The van der Waals surface area contributed by atoms with Crippen molar-refractivity contribution in [3.8, 4) is 0 Å². The molecule has 1 aromatic rings. The highest BCUT2D eigenvalue weighted by Gasteiger charge is 2.33. The van der Waals surface area contributed by atoms with E-state index in [-0.39, 0.29) is 0 Å². The maximum absolute atomic E-state index is 4.26. The molecule has 1 fully saturated rings. The zero-order chi connectivity index (χ0) is 9.42. The molecule has 0 amide bonds. The quantitative estimate of drug-likeness (QED) is 0.803. The minimum Gasteiger partial charge on any atom is -0.306 e. The van der Waals surface area contributed by atoms with Crippen molar-refractivity contribution < 1.29 is 0 Å². The van der Waals surface area contributed by atoms with E-state index < -0.39 is 0 Å². The largest absolute Gasteiger partial charge is 0.306 e. The Hall–Kier alpha value is -0.410. The molecule has 3 atom stereocenters. The van der Waals surface area contributed by atoms with Gasteiger partial charge in [-0.3, -0.25) is 0 Å². The second-order valence-corrected chi connectivity index (χ2v) is 4.90. The van der Waals surface area contributed by atoms with Gasteiger partial charge in [-0.15, -0.1) is 11.3 Å². The summed E-state index contributed by atoms with van der Waals surface area (Å²) >= 11 is 1.76. The molecule has 1 N–H and O–H groups in total. The van der Waals surface area contributed by atoms with Gasteiger partial charge in [0.15, 0.2) is 0 Å². The van der Waals surface area contributed by atoms with Gasteiger partial charge in [0.25, 0.3) is 0 Å². The van der Waals surface area contributed by atoms with Crippen molar-refractivity contribution in [2.75, 3.05) is 0 Å². The fraction of sp³-hybridized carbons (Fsp3) is 0.700. The molecule has 0 aliphatic heterocycles. The van der Waals surface area contributed by atoms with Crippen LogP contribution in [0.2, 0.25) is 0 Å². The van der Waals surface area contributed by atoms with Crippen LogP contribution < -0.4 is 5.32 Å². The summed E-state index contributed by atoms with van der Waals surface area (Å²) in [6.45, 7) is 6.61. The molecule has 1 heterocycles. The van der Waals surface area contributed by atoms with E-state index >= 15 is 0 Å². The van der Waals surface area contributed by atoms with Crippen molar-refractivity contribution in [3.63, 3.8) is 0 Å². The topological polar surface area (TPSA) is 24.9 Å². The summed E-state index contributed by atoms with van der Waals surface area (Å²) in [7, 11) is 0. The molecule has 0 radical (unpaired) electrons. The summed E-state index contributed by atoms with van der Waals surface area (Å²) in [5, 5.41) is 3.62. The van der Waals surface area contributed by atoms with Crippen molar-refractivity contribution >= 4 is 11.3 Å². The number of nitrogens with one attached hydrogen (secondary N) is 1. The molecular formula is C10H16N2S. The van der Waals surface area contributed by atoms with E-state index in [0.29, 0.717) is 6.04 Å². The van der Waals surface area contributed by atoms with Crippen LogP contribution in [0.3, 0.4) is 0 Å². The maximum Gasteiger partial charge on any atom is 0.0798 e. The van der Waals surface area contributed by atoms with Gasteiger partial charge in [-0.25, -0.2) is 4.98 Å². The summed E-state index contributed by atoms with van der Waals surface area (Å²) in [6, 6.07) is 1.22. The predicted octanol–water partition coefficient (Wildman–Crippen LogP) is 2.51. The second-order valence-electron chi connectivity index (χ2n) is 4.01. The molecule has 1 aromatic heterocycles. The van der Waals surface area contributed by atoms with E-state index in [0.717, 1.165) is 12.0 Å². The Morgan fingerprint density at radius 1 is 1.69 bits per heavy atom. The SMILES string of the molecule is Cc1ncsc1C(C)NC1CC1C. The van der Waals surface area contributed by atoms with Crippen LogP contribution in [0.4, 0.5) is 0 Å². The number of aromatic nitrogens is 1. The third kappa shape index (κ3) is 1.92. The van der Waals surface area contributed by atoms with Crippen molar-refractivity contribution in [3.05, 3.63) is 16.1 Å². The predicted molar refractivity (Wildman–Crippen MR) is 56.0 cm³/mol. The standard InChI is InChI=1S/C10H16N2S/c1-6-4-9(6)12-8(3)10-7(2)11-5-13-10/h5-6,8-9,12H,4H2,1-3H3. The molecule has 13 heavy (non-hydrogen) atoms. The first-order chi connectivity index (χ1) is 6.18. The van der Waals surface area contributed by atoms with Gasteiger partial charge in [-0.1, -0.05) is 6.92 Å². The van der Waals surface area contributed by atoms with Crippen molar-refractivity contribution in [1.29, 1.82) is 0 Å². The molecule has 0 bridgehead atoms. The lowest BCUT2D eigenvalue weighted by Crippen LogP contribution is -2.21. The Kier molecular flexibility index (Phi) is 2.39. The first-order valence-corrected chi connectivity index (χ1v) is 5.72. The Balaban J connectivity index is 1.97. The third-order valence-corrected chi connectivity index (χ3v) is 3.86. The molecule has 2 rings (SSSR count). The summed E-state index contributed by atoms with van der Waals surface area (Å²) in [4.78, 5) is 5.65. The van der Waals surface area contributed by atoms with Crippen molar-refractivity contribution in [2.24, 2.45) is 5.92 Å². The Morgan fingerprint density at radius 2 is 2.38 bits per heavy atom. The average Bonchev–Trinajstić information content (AvgIpc) is 2.62. The zero-order valence-electron chi connectivity index (χ0n) is 8.37. The summed E-state index contributed by atoms with van der Waals surface area (Å²) in [5.41, 5.74) is 3.11. The molecule has 2 nitrogen and oxygen atoms in total. The number of nitrogens with zero attached hydrogens (tertiary/aromatic N) is 1. The third-order valence-electron chi connectivity index (χ3n) is 2.75.